The average Bonchev–Trinajstić information content (AvgIpc) is 3.14. The van der Waals surface area contributed by atoms with Crippen LogP contribution >= 0.6 is 0 Å². The predicted octanol–water partition coefficient (Wildman–Crippen LogP) is 0.0120. The molecule has 20 heavy (non-hydrogen) atoms. The number of hydrogen-bond acceptors (Lipinski definition) is 4. The fourth-order valence-corrected chi connectivity index (χ4v) is 2.41. The molecule has 0 spiro atoms. The molecule has 0 radical (unpaired) electrons. The van der Waals surface area contributed by atoms with E-state index in [1.165, 1.54) is 24.9 Å². The lowest BCUT2D eigenvalue weighted by molar-refractivity contribution is -0.141. The van der Waals surface area contributed by atoms with E-state index >= 15 is 0 Å². The van der Waals surface area contributed by atoms with Gasteiger partial charge in [-0.2, -0.15) is 0 Å². The van der Waals surface area contributed by atoms with Gasteiger partial charge in [-0.1, -0.05) is 0 Å². The second kappa shape index (κ2) is 6.90. The van der Waals surface area contributed by atoms with Crippen LogP contribution in [0.4, 0.5) is 4.79 Å². The standard InChI is InChI=1S/C13H23N3O4/c1-20-10-7-11(12(17)18)16(8-10)13(19)15-6-2-5-14-9-3-4-9/h9-11,14H,2-8H2,1H3,(H,15,19)(H,17,18). The number of carboxylic acids is 1. The van der Waals surface area contributed by atoms with Crippen molar-refractivity contribution in [3.05, 3.63) is 0 Å². The van der Waals surface area contributed by atoms with E-state index in [4.69, 9.17) is 9.84 Å². The minimum Gasteiger partial charge on any atom is -0.480 e. The van der Waals surface area contributed by atoms with Crippen molar-refractivity contribution >= 4 is 12.0 Å². The van der Waals surface area contributed by atoms with E-state index in [0.717, 1.165) is 13.0 Å². The first-order valence-corrected chi connectivity index (χ1v) is 7.15. The van der Waals surface area contributed by atoms with E-state index in [2.05, 4.69) is 10.6 Å². The van der Waals surface area contributed by atoms with Crippen LogP contribution in [0, 0.1) is 0 Å². The van der Waals surface area contributed by atoms with Crippen LogP contribution in [0.1, 0.15) is 25.7 Å². The zero-order valence-electron chi connectivity index (χ0n) is 11.8. The quantitative estimate of drug-likeness (QED) is 0.573. The van der Waals surface area contributed by atoms with Gasteiger partial charge in [-0.15, -0.1) is 0 Å². The van der Waals surface area contributed by atoms with Crippen molar-refractivity contribution < 1.29 is 19.4 Å². The van der Waals surface area contributed by atoms with Gasteiger partial charge in [0, 0.05) is 32.7 Å². The molecule has 3 N–H and O–H groups in total. The first-order chi connectivity index (χ1) is 9.61. The number of aliphatic carboxylic acids is 1. The molecule has 1 saturated carbocycles. The van der Waals surface area contributed by atoms with E-state index in [-0.39, 0.29) is 12.1 Å². The van der Waals surface area contributed by atoms with E-state index in [1.54, 1.807) is 0 Å². The second-order valence-corrected chi connectivity index (χ2v) is 5.41. The molecule has 2 aliphatic rings. The highest BCUT2D eigenvalue weighted by Gasteiger charge is 2.39. The van der Waals surface area contributed by atoms with E-state index in [9.17, 15) is 9.59 Å². The van der Waals surface area contributed by atoms with E-state index in [1.807, 2.05) is 0 Å². The number of nitrogens with one attached hydrogen (secondary N) is 2. The van der Waals surface area contributed by atoms with Crippen molar-refractivity contribution in [3.8, 4) is 0 Å². The van der Waals surface area contributed by atoms with Crippen molar-refractivity contribution in [2.75, 3.05) is 26.7 Å². The van der Waals surface area contributed by atoms with Crippen molar-refractivity contribution in [2.24, 2.45) is 0 Å². The van der Waals surface area contributed by atoms with Gasteiger partial charge in [0.15, 0.2) is 0 Å². The normalized spacial score (nSPS) is 25.8. The first-order valence-electron chi connectivity index (χ1n) is 7.15. The van der Waals surface area contributed by atoms with Gasteiger partial charge in [-0.3, -0.25) is 0 Å². The van der Waals surface area contributed by atoms with Gasteiger partial charge in [0.25, 0.3) is 0 Å². The molecule has 2 unspecified atom stereocenters. The molecule has 114 valence electrons. The molecule has 1 heterocycles. The Morgan fingerprint density at radius 3 is 2.70 bits per heavy atom. The van der Waals surface area contributed by atoms with Gasteiger partial charge in [-0.05, 0) is 25.8 Å². The summed E-state index contributed by atoms with van der Waals surface area (Å²) in [7, 11) is 1.54. The molecule has 1 aliphatic carbocycles. The highest BCUT2D eigenvalue weighted by atomic mass is 16.5. The van der Waals surface area contributed by atoms with Crippen LogP contribution in [0.3, 0.4) is 0 Å². The minimum atomic E-state index is -0.977. The number of ether oxygens (including phenoxy) is 1. The predicted molar refractivity (Wildman–Crippen MR) is 72.6 cm³/mol. The van der Waals surface area contributed by atoms with E-state index < -0.39 is 12.0 Å². The maximum atomic E-state index is 12.0. The SMILES string of the molecule is COC1CC(C(=O)O)N(C(=O)NCCCNC2CC2)C1. The summed E-state index contributed by atoms with van der Waals surface area (Å²) in [5.74, 6) is -0.977. The summed E-state index contributed by atoms with van der Waals surface area (Å²) in [6.45, 7) is 1.77. The fraction of sp³-hybridized carbons (Fsp3) is 0.846. The number of carboxylic acid groups (broad SMARTS) is 1. The van der Waals surface area contributed by atoms with E-state index in [0.29, 0.717) is 25.6 Å². The molecule has 1 aliphatic heterocycles. The van der Waals surface area contributed by atoms with Crippen LogP contribution in [-0.4, -0.2) is 66.9 Å². The number of rotatable bonds is 7. The molecule has 0 aromatic rings. The summed E-state index contributed by atoms with van der Waals surface area (Å²) >= 11 is 0. The number of nitrogens with zero attached hydrogens (tertiary/aromatic N) is 1. The zero-order valence-corrected chi connectivity index (χ0v) is 11.8. The molecule has 0 aromatic heterocycles. The topological polar surface area (TPSA) is 90.9 Å². The van der Waals surface area contributed by atoms with Gasteiger partial charge >= 0.3 is 12.0 Å². The smallest absolute Gasteiger partial charge is 0.326 e. The number of likely N-dealkylation sites (tertiary alicyclic amines) is 1. The molecule has 2 fully saturated rings. The first kappa shape index (κ1) is 15.1. The Kier molecular flexibility index (Phi) is 5.19. The average molecular weight is 285 g/mol. The third kappa shape index (κ3) is 4.08. The summed E-state index contributed by atoms with van der Waals surface area (Å²) in [4.78, 5) is 24.5. The number of hydrogen-bond donors (Lipinski definition) is 3. The third-order valence-corrected chi connectivity index (χ3v) is 3.78. The maximum Gasteiger partial charge on any atom is 0.326 e. The third-order valence-electron chi connectivity index (χ3n) is 3.78. The second-order valence-electron chi connectivity index (χ2n) is 5.41. The maximum absolute atomic E-state index is 12.0. The van der Waals surface area contributed by atoms with Crippen LogP contribution < -0.4 is 10.6 Å². The van der Waals surface area contributed by atoms with Gasteiger partial charge in [0.05, 0.1) is 6.10 Å². The van der Waals surface area contributed by atoms with Gasteiger partial charge in [-0.25, -0.2) is 9.59 Å². The Labute approximate surface area is 118 Å². The Morgan fingerprint density at radius 1 is 1.35 bits per heavy atom. The Bertz CT molecular complexity index is 360. The lowest BCUT2D eigenvalue weighted by Crippen LogP contribution is -2.46. The molecule has 0 aromatic carbocycles. The summed E-state index contributed by atoms with van der Waals surface area (Å²) in [6.07, 6.45) is 3.50. The highest BCUT2D eigenvalue weighted by Crippen LogP contribution is 2.20. The van der Waals surface area contributed by atoms with Crippen LogP contribution in [0.5, 0.6) is 0 Å². The van der Waals surface area contributed by atoms with Crippen LogP contribution in [0.25, 0.3) is 0 Å². The Balaban J connectivity index is 1.70. The van der Waals surface area contributed by atoms with Gasteiger partial charge < -0.3 is 25.4 Å². The number of methoxy groups -OCH3 is 1. The van der Waals surface area contributed by atoms with Crippen LogP contribution in [0.15, 0.2) is 0 Å². The Morgan fingerprint density at radius 2 is 2.10 bits per heavy atom. The molecule has 1 saturated heterocycles. The lowest BCUT2D eigenvalue weighted by atomic mass is 10.2. The lowest BCUT2D eigenvalue weighted by Gasteiger charge is -2.21. The monoisotopic (exact) mass is 285 g/mol. The molecule has 2 amide bonds. The number of carbonyl (C=O) groups is 2. The molecular weight excluding hydrogens is 262 g/mol. The zero-order chi connectivity index (χ0) is 14.5. The molecule has 0 bridgehead atoms. The molecule has 7 heteroatoms. The Hall–Kier alpha value is -1.34. The molecule has 2 rings (SSSR count). The number of amides is 2. The summed E-state index contributed by atoms with van der Waals surface area (Å²) < 4.78 is 5.15. The number of urea groups is 1. The molecular formula is C13H23N3O4. The largest absolute Gasteiger partial charge is 0.480 e. The van der Waals surface area contributed by atoms with Crippen molar-refractivity contribution in [1.82, 2.24) is 15.5 Å². The van der Waals surface area contributed by atoms with Crippen LogP contribution in [0.2, 0.25) is 0 Å². The summed E-state index contributed by atoms with van der Waals surface area (Å²) in [5, 5.41) is 15.3. The highest BCUT2D eigenvalue weighted by molar-refractivity contribution is 5.83. The molecule has 7 nitrogen and oxygen atoms in total. The minimum absolute atomic E-state index is 0.196. The fourth-order valence-electron chi connectivity index (χ4n) is 2.41. The summed E-state index contributed by atoms with van der Waals surface area (Å²) in [5.41, 5.74) is 0. The van der Waals surface area contributed by atoms with Crippen LogP contribution in [-0.2, 0) is 9.53 Å². The van der Waals surface area contributed by atoms with Gasteiger partial charge in [0.2, 0.25) is 0 Å². The molecule has 2 atom stereocenters. The van der Waals surface area contributed by atoms with Crippen molar-refractivity contribution in [2.45, 2.75) is 43.9 Å². The van der Waals surface area contributed by atoms with Crippen molar-refractivity contribution in [3.63, 3.8) is 0 Å². The number of carbonyl (C=O) groups excluding carboxylic acids is 1. The van der Waals surface area contributed by atoms with Gasteiger partial charge in [0.1, 0.15) is 6.04 Å². The summed E-state index contributed by atoms with van der Waals surface area (Å²) in [6, 6.07) is -0.434. The van der Waals surface area contributed by atoms with Crippen molar-refractivity contribution in [1.29, 1.82) is 0 Å².